The van der Waals surface area contributed by atoms with Crippen LogP contribution in [0.3, 0.4) is 0 Å². The molecule has 0 saturated heterocycles. The lowest BCUT2D eigenvalue weighted by Crippen LogP contribution is -2.27. The van der Waals surface area contributed by atoms with E-state index in [1.807, 2.05) is 49.4 Å². The molecule has 0 fully saturated rings. The van der Waals surface area contributed by atoms with Crippen LogP contribution in [0.4, 0.5) is 0 Å². The van der Waals surface area contributed by atoms with Crippen molar-refractivity contribution in [1.82, 2.24) is 10.3 Å². The second-order valence-corrected chi connectivity index (χ2v) is 6.92. The highest BCUT2D eigenvalue weighted by atomic mass is 79.9. The van der Waals surface area contributed by atoms with Gasteiger partial charge in [-0.2, -0.15) is 0 Å². The molecule has 0 bridgehead atoms. The molecule has 0 aliphatic carbocycles. The van der Waals surface area contributed by atoms with Crippen molar-refractivity contribution < 1.29 is 4.79 Å². The largest absolute Gasteiger partial charge is 0.350 e. The summed E-state index contributed by atoms with van der Waals surface area (Å²) in [6, 6.07) is 22.2. The van der Waals surface area contributed by atoms with Gasteiger partial charge in [0.2, 0.25) is 0 Å². The van der Waals surface area contributed by atoms with Crippen molar-refractivity contribution in [3.05, 3.63) is 82.5 Å². The van der Waals surface area contributed by atoms with Gasteiger partial charge < -0.3 is 10.3 Å². The molecule has 3 aromatic carbocycles. The monoisotopic (exact) mass is 392 g/mol. The molecule has 1 amide bonds. The molecule has 1 heterocycles. The number of benzene rings is 3. The summed E-state index contributed by atoms with van der Waals surface area (Å²) in [4.78, 5) is 16.0. The molecule has 4 heteroatoms. The molecule has 4 rings (SSSR count). The molecule has 0 unspecified atom stereocenters. The predicted octanol–water partition coefficient (Wildman–Crippen LogP) is 5.57. The molecule has 124 valence electrons. The van der Waals surface area contributed by atoms with Crippen LogP contribution in [0.15, 0.2) is 71.2 Å². The Kier molecular flexibility index (Phi) is 4.06. The van der Waals surface area contributed by atoms with Crippen LogP contribution in [-0.2, 0) is 0 Å². The van der Waals surface area contributed by atoms with Crippen LogP contribution in [0, 0.1) is 0 Å². The molecule has 0 radical (unpaired) electrons. The number of aromatic nitrogens is 1. The number of nitrogens with one attached hydrogen (secondary N) is 2. The molecule has 1 atom stereocenters. The number of hydrogen-bond donors (Lipinski definition) is 2. The van der Waals surface area contributed by atoms with Crippen molar-refractivity contribution in [2.45, 2.75) is 13.0 Å². The van der Waals surface area contributed by atoms with Gasteiger partial charge in [0.25, 0.3) is 5.91 Å². The van der Waals surface area contributed by atoms with Gasteiger partial charge in [-0.15, -0.1) is 0 Å². The standard InChI is InChI=1S/C21H17BrN2O/c1-13(15-11-6-8-14-7-2-3-9-16(14)15)23-21(25)20-19(22)17-10-4-5-12-18(17)24-20/h2-13,24H,1H3,(H,23,25)/t13-/m1/s1. The minimum atomic E-state index is -0.122. The van der Waals surface area contributed by atoms with E-state index < -0.39 is 0 Å². The van der Waals surface area contributed by atoms with E-state index in [1.54, 1.807) is 0 Å². The molecule has 0 saturated carbocycles. The van der Waals surface area contributed by atoms with Gasteiger partial charge in [0.05, 0.1) is 10.5 Å². The molecular weight excluding hydrogens is 376 g/mol. The van der Waals surface area contributed by atoms with Gasteiger partial charge >= 0.3 is 0 Å². The molecule has 0 aliphatic rings. The maximum absolute atomic E-state index is 12.8. The number of H-pyrrole nitrogens is 1. The average Bonchev–Trinajstić information content (AvgIpc) is 2.98. The van der Waals surface area contributed by atoms with Gasteiger partial charge in [0.1, 0.15) is 5.69 Å². The number of fused-ring (bicyclic) bond motifs is 2. The number of para-hydroxylation sites is 1. The van der Waals surface area contributed by atoms with E-state index in [9.17, 15) is 4.79 Å². The van der Waals surface area contributed by atoms with Crippen molar-refractivity contribution in [2.75, 3.05) is 0 Å². The first-order valence-electron chi connectivity index (χ1n) is 8.20. The molecule has 0 aliphatic heterocycles. The zero-order valence-electron chi connectivity index (χ0n) is 13.7. The number of aromatic amines is 1. The highest BCUT2D eigenvalue weighted by molar-refractivity contribution is 9.10. The summed E-state index contributed by atoms with van der Waals surface area (Å²) < 4.78 is 0.797. The maximum Gasteiger partial charge on any atom is 0.269 e. The first kappa shape index (κ1) is 15.9. The van der Waals surface area contributed by atoms with Crippen LogP contribution in [0.25, 0.3) is 21.7 Å². The minimum Gasteiger partial charge on any atom is -0.350 e. The molecular formula is C21H17BrN2O. The molecule has 4 aromatic rings. The van der Waals surface area contributed by atoms with Crippen molar-refractivity contribution in [3.63, 3.8) is 0 Å². The lowest BCUT2D eigenvalue weighted by molar-refractivity contribution is 0.0935. The van der Waals surface area contributed by atoms with E-state index in [0.29, 0.717) is 5.69 Å². The fraction of sp³-hybridized carbons (Fsp3) is 0.0952. The summed E-state index contributed by atoms with van der Waals surface area (Å²) in [5.41, 5.74) is 2.60. The Labute approximate surface area is 154 Å². The third-order valence-electron chi connectivity index (χ3n) is 4.51. The van der Waals surface area contributed by atoms with E-state index >= 15 is 0 Å². The number of rotatable bonds is 3. The Morgan fingerprint density at radius 1 is 0.960 bits per heavy atom. The number of halogens is 1. The Bertz CT molecular complexity index is 1080. The summed E-state index contributed by atoms with van der Waals surface area (Å²) in [5.74, 6) is -0.122. The highest BCUT2D eigenvalue weighted by Gasteiger charge is 2.19. The summed E-state index contributed by atoms with van der Waals surface area (Å²) in [6.07, 6.45) is 0. The average molecular weight is 393 g/mol. The Morgan fingerprint density at radius 3 is 2.44 bits per heavy atom. The lowest BCUT2D eigenvalue weighted by Gasteiger charge is -2.16. The van der Waals surface area contributed by atoms with Crippen molar-refractivity contribution in [1.29, 1.82) is 0 Å². The quantitative estimate of drug-likeness (QED) is 0.469. The molecule has 25 heavy (non-hydrogen) atoms. The van der Waals surface area contributed by atoms with E-state index in [-0.39, 0.29) is 11.9 Å². The summed E-state index contributed by atoms with van der Waals surface area (Å²) in [7, 11) is 0. The van der Waals surface area contributed by atoms with E-state index in [4.69, 9.17) is 0 Å². The van der Waals surface area contributed by atoms with Crippen LogP contribution in [0.2, 0.25) is 0 Å². The maximum atomic E-state index is 12.8. The van der Waals surface area contributed by atoms with Crippen LogP contribution in [0.1, 0.15) is 29.0 Å². The second kappa shape index (κ2) is 6.37. The Morgan fingerprint density at radius 2 is 1.64 bits per heavy atom. The van der Waals surface area contributed by atoms with Crippen molar-refractivity contribution in [2.24, 2.45) is 0 Å². The molecule has 1 aromatic heterocycles. The predicted molar refractivity (Wildman–Crippen MR) is 106 cm³/mol. The number of carbonyl (C=O) groups is 1. The number of carbonyl (C=O) groups excluding carboxylic acids is 1. The second-order valence-electron chi connectivity index (χ2n) is 6.12. The Balaban J connectivity index is 1.66. The van der Waals surface area contributed by atoms with Crippen LogP contribution in [-0.4, -0.2) is 10.9 Å². The first-order chi connectivity index (χ1) is 12.1. The van der Waals surface area contributed by atoms with Crippen LogP contribution in [0.5, 0.6) is 0 Å². The third kappa shape index (κ3) is 2.83. The van der Waals surface area contributed by atoms with Gasteiger partial charge in [-0.1, -0.05) is 60.7 Å². The van der Waals surface area contributed by atoms with Gasteiger partial charge in [-0.05, 0) is 45.3 Å². The fourth-order valence-electron chi connectivity index (χ4n) is 3.24. The first-order valence-corrected chi connectivity index (χ1v) is 8.99. The van der Waals surface area contributed by atoms with Gasteiger partial charge in [-0.25, -0.2) is 0 Å². The Hall–Kier alpha value is -2.59. The minimum absolute atomic E-state index is 0.100. The summed E-state index contributed by atoms with van der Waals surface area (Å²) in [5, 5.41) is 6.45. The van der Waals surface area contributed by atoms with Gasteiger partial charge in [0, 0.05) is 10.9 Å². The van der Waals surface area contributed by atoms with Gasteiger partial charge in [-0.3, -0.25) is 4.79 Å². The molecule has 3 nitrogen and oxygen atoms in total. The number of amides is 1. The van der Waals surface area contributed by atoms with E-state index in [1.165, 1.54) is 5.39 Å². The van der Waals surface area contributed by atoms with Crippen LogP contribution < -0.4 is 5.32 Å². The smallest absolute Gasteiger partial charge is 0.269 e. The van der Waals surface area contributed by atoms with Gasteiger partial charge in [0.15, 0.2) is 0 Å². The topological polar surface area (TPSA) is 44.9 Å². The SMILES string of the molecule is C[C@@H](NC(=O)c1[nH]c2ccccc2c1Br)c1cccc2ccccc12. The summed E-state index contributed by atoms with van der Waals surface area (Å²) in [6.45, 7) is 2.01. The van der Waals surface area contributed by atoms with Crippen molar-refractivity contribution >= 4 is 43.5 Å². The van der Waals surface area contributed by atoms with E-state index in [0.717, 1.165) is 26.3 Å². The number of hydrogen-bond acceptors (Lipinski definition) is 1. The third-order valence-corrected chi connectivity index (χ3v) is 5.33. The van der Waals surface area contributed by atoms with Crippen molar-refractivity contribution in [3.8, 4) is 0 Å². The fourth-order valence-corrected chi connectivity index (χ4v) is 3.86. The normalized spacial score (nSPS) is 12.4. The summed E-state index contributed by atoms with van der Waals surface area (Å²) >= 11 is 3.55. The zero-order chi connectivity index (χ0) is 17.4. The molecule has 0 spiro atoms. The highest BCUT2D eigenvalue weighted by Crippen LogP contribution is 2.29. The van der Waals surface area contributed by atoms with Crippen LogP contribution >= 0.6 is 15.9 Å². The lowest BCUT2D eigenvalue weighted by atomic mass is 9.99. The van der Waals surface area contributed by atoms with E-state index in [2.05, 4.69) is 50.5 Å². The zero-order valence-corrected chi connectivity index (χ0v) is 15.3. The molecule has 2 N–H and O–H groups in total.